The third-order valence-corrected chi connectivity index (χ3v) is 9.67. The molecule has 2 fully saturated rings. The van der Waals surface area contributed by atoms with Crippen LogP contribution in [0.4, 0.5) is 23.4 Å². The summed E-state index contributed by atoms with van der Waals surface area (Å²) in [7, 11) is -2.49. The van der Waals surface area contributed by atoms with Crippen LogP contribution < -0.4 is 15.8 Å². The number of anilines is 1. The molecule has 1 aliphatic heterocycles. The molecule has 0 aromatic carbocycles. The Kier molecular flexibility index (Phi) is 7.33. The largest absolute Gasteiger partial charge is 0.480 e. The SMILES string of the molecule is COc1ncc(-c2cc(C(F)(F)F)c3c(N)ncnn23)cc1C(=O)N[C@@H]1CN(S(=O)(=O)C2CCCCC2)C[C@@H]1F. The molecule has 1 amide bonds. The molecule has 216 valence electrons. The Morgan fingerprint density at radius 3 is 2.55 bits per heavy atom. The zero-order chi connectivity index (χ0) is 28.8. The molecular weight excluding hydrogens is 558 g/mol. The minimum atomic E-state index is -4.77. The second-order valence-corrected chi connectivity index (χ2v) is 12.1. The van der Waals surface area contributed by atoms with Gasteiger partial charge in [-0.25, -0.2) is 27.3 Å². The van der Waals surface area contributed by atoms with Gasteiger partial charge in [-0.2, -0.15) is 22.6 Å². The normalized spacial score (nSPS) is 21.1. The fourth-order valence-corrected chi connectivity index (χ4v) is 7.37. The molecule has 2 atom stereocenters. The number of nitrogens with two attached hydrogens (primary N) is 1. The molecule has 40 heavy (non-hydrogen) atoms. The van der Waals surface area contributed by atoms with Crippen LogP contribution in [0, 0.1) is 0 Å². The van der Waals surface area contributed by atoms with Crippen LogP contribution in [0.25, 0.3) is 16.8 Å². The zero-order valence-electron chi connectivity index (χ0n) is 21.4. The van der Waals surface area contributed by atoms with E-state index in [0.29, 0.717) is 12.8 Å². The number of carbonyl (C=O) groups is 1. The number of fused-ring (bicyclic) bond motifs is 1. The second-order valence-electron chi connectivity index (χ2n) is 9.85. The van der Waals surface area contributed by atoms with Crippen molar-refractivity contribution in [2.75, 3.05) is 25.9 Å². The molecule has 11 nitrogen and oxygen atoms in total. The number of rotatable bonds is 6. The fourth-order valence-electron chi connectivity index (χ4n) is 5.30. The van der Waals surface area contributed by atoms with Gasteiger partial charge in [-0.05, 0) is 25.0 Å². The lowest BCUT2D eigenvalue weighted by Gasteiger charge is -2.26. The van der Waals surface area contributed by atoms with E-state index in [9.17, 15) is 30.8 Å². The van der Waals surface area contributed by atoms with E-state index in [1.807, 2.05) is 0 Å². The van der Waals surface area contributed by atoms with Gasteiger partial charge in [0.05, 0.1) is 29.7 Å². The number of halogens is 4. The maximum Gasteiger partial charge on any atom is 0.418 e. The van der Waals surface area contributed by atoms with E-state index in [2.05, 4.69) is 20.4 Å². The summed E-state index contributed by atoms with van der Waals surface area (Å²) in [5.41, 5.74) is 3.98. The third kappa shape index (κ3) is 5.05. The van der Waals surface area contributed by atoms with Crippen molar-refractivity contribution in [3.8, 4) is 17.1 Å². The smallest absolute Gasteiger partial charge is 0.418 e. The van der Waals surface area contributed by atoms with Crippen molar-refractivity contribution in [2.45, 2.75) is 55.7 Å². The summed E-state index contributed by atoms with van der Waals surface area (Å²) in [5.74, 6) is -1.38. The van der Waals surface area contributed by atoms with E-state index in [1.165, 1.54) is 19.4 Å². The third-order valence-electron chi connectivity index (χ3n) is 7.34. The summed E-state index contributed by atoms with van der Waals surface area (Å²) in [6, 6.07) is 0.909. The summed E-state index contributed by atoms with van der Waals surface area (Å²) in [4.78, 5) is 20.9. The van der Waals surface area contributed by atoms with E-state index >= 15 is 0 Å². The molecule has 0 radical (unpaired) electrons. The lowest BCUT2D eigenvalue weighted by molar-refractivity contribution is -0.136. The Balaban J connectivity index is 1.43. The van der Waals surface area contributed by atoms with Gasteiger partial charge in [0.2, 0.25) is 15.9 Å². The van der Waals surface area contributed by atoms with Gasteiger partial charge in [-0.3, -0.25) is 4.79 Å². The van der Waals surface area contributed by atoms with E-state index in [1.54, 1.807) is 0 Å². The molecule has 3 aromatic heterocycles. The number of sulfonamides is 1. The number of nitrogens with one attached hydrogen (secondary N) is 1. The lowest BCUT2D eigenvalue weighted by Crippen LogP contribution is -2.43. The molecule has 1 aliphatic carbocycles. The first-order chi connectivity index (χ1) is 18.9. The predicted molar refractivity (Wildman–Crippen MR) is 136 cm³/mol. The van der Waals surface area contributed by atoms with Crippen LogP contribution in [0.5, 0.6) is 5.88 Å². The summed E-state index contributed by atoms with van der Waals surface area (Å²) >= 11 is 0. The first-order valence-electron chi connectivity index (χ1n) is 12.6. The van der Waals surface area contributed by atoms with Crippen molar-refractivity contribution in [3.05, 3.63) is 35.8 Å². The molecule has 0 bridgehead atoms. The number of hydrogen-bond donors (Lipinski definition) is 2. The van der Waals surface area contributed by atoms with E-state index in [0.717, 1.165) is 40.5 Å². The first-order valence-corrected chi connectivity index (χ1v) is 14.1. The van der Waals surface area contributed by atoms with Crippen molar-refractivity contribution >= 4 is 27.3 Å². The molecule has 0 unspecified atom stereocenters. The Labute approximate surface area is 226 Å². The van der Waals surface area contributed by atoms with Crippen molar-refractivity contribution in [1.82, 2.24) is 29.2 Å². The zero-order valence-corrected chi connectivity index (χ0v) is 22.2. The average molecular weight is 586 g/mol. The molecule has 2 aliphatic rings. The van der Waals surface area contributed by atoms with Gasteiger partial charge < -0.3 is 15.8 Å². The van der Waals surface area contributed by atoms with Crippen molar-refractivity contribution < 1.29 is 35.5 Å². The van der Waals surface area contributed by atoms with Crippen molar-refractivity contribution in [3.63, 3.8) is 0 Å². The highest BCUT2D eigenvalue weighted by Crippen LogP contribution is 2.39. The van der Waals surface area contributed by atoms with Gasteiger partial charge in [0.15, 0.2) is 5.82 Å². The molecule has 1 saturated carbocycles. The van der Waals surface area contributed by atoms with E-state index in [-0.39, 0.29) is 35.8 Å². The van der Waals surface area contributed by atoms with Gasteiger partial charge in [-0.15, -0.1) is 0 Å². The monoisotopic (exact) mass is 585 g/mol. The van der Waals surface area contributed by atoms with Crippen LogP contribution in [0.15, 0.2) is 24.7 Å². The number of aromatic nitrogens is 4. The van der Waals surface area contributed by atoms with Crippen molar-refractivity contribution in [2.24, 2.45) is 0 Å². The topological polar surface area (TPSA) is 145 Å². The maximum atomic E-state index is 15.0. The highest BCUT2D eigenvalue weighted by Gasteiger charge is 2.43. The number of pyridine rings is 1. The van der Waals surface area contributed by atoms with Crippen LogP contribution in [-0.2, 0) is 16.2 Å². The highest BCUT2D eigenvalue weighted by molar-refractivity contribution is 7.89. The predicted octanol–water partition coefficient (Wildman–Crippen LogP) is 2.82. The lowest BCUT2D eigenvalue weighted by atomic mass is 10.0. The number of carbonyl (C=O) groups excluding carboxylic acids is 1. The molecule has 16 heteroatoms. The van der Waals surface area contributed by atoms with Gasteiger partial charge in [0.25, 0.3) is 5.91 Å². The van der Waals surface area contributed by atoms with Crippen LogP contribution in [0.2, 0.25) is 0 Å². The standard InChI is InChI=1S/C24H27F4N7O4S/c1-39-23-15(22(36)33-18-11-34(10-17(18)25)40(37,38)14-5-3-2-4-6-14)7-13(9-30-23)19-8-16(24(26,27)28)20-21(29)31-12-32-35(19)20/h7-9,12,14,17-18H,2-6,10-11H2,1H3,(H,33,36)(H2,29,31,32)/t17-,18+/m0/s1. The molecule has 3 N–H and O–H groups in total. The summed E-state index contributed by atoms with van der Waals surface area (Å²) in [6.45, 7) is -0.619. The average Bonchev–Trinajstić information content (AvgIpc) is 3.51. The van der Waals surface area contributed by atoms with Crippen LogP contribution in [0.3, 0.4) is 0 Å². The maximum absolute atomic E-state index is 15.0. The van der Waals surface area contributed by atoms with Gasteiger partial charge in [0.1, 0.15) is 23.6 Å². The van der Waals surface area contributed by atoms with Crippen LogP contribution in [0.1, 0.15) is 48.0 Å². The minimum absolute atomic E-state index is 0.0688. The molecule has 5 rings (SSSR count). The van der Waals surface area contributed by atoms with Gasteiger partial charge in [0, 0.05) is 24.8 Å². The Morgan fingerprint density at radius 2 is 1.88 bits per heavy atom. The van der Waals surface area contributed by atoms with Crippen molar-refractivity contribution in [1.29, 1.82) is 0 Å². The number of hydrogen-bond acceptors (Lipinski definition) is 8. The highest BCUT2D eigenvalue weighted by atomic mass is 32.2. The molecular formula is C24H27F4N7O4S. The summed E-state index contributed by atoms with van der Waals surface area (Å²) in [5, 5.41) is 5.82. The number of nitrogen functional groups attached to an aromatic ring is 1. The molecule has 4 heterocycles. The quantitative estimate of drug-likeness (QED) is 0.420. The van der Waals surface area contributed by atoms with Gasteiger partial charge in [-0.1, -0.05) is 19.3 Å². The number of nitrogens with zero attached hydrogens (tertiary/aromatic N) is 5. The van der Waals surface area contributed by atoms with E-state index in [4.69, 9.17) is 10.5 Å². The Bertz CT molecular complexity index is 1540. The van der Waals surface area contributed by atoms with Gasteiger partial charge >= 0.3 is 6.18 Å². The Hall–Kier alpha value is -3.53. The number of alkyl halides is 4. The molecule has 0 spiro atoms. The number of methoxy groups -OCH3 is 1. The summed E-state index contributed by atoms with van der Waals surface area (Å²) < 4.78 is 89.5. The Morgan fingerprint density at radius 1 is 1.15 bits per heavy atom. The molecule has 3 aromatic rings. The molecule has 1 saturated heterocycles. The summed E-state index contributed by atoms with van der Waals surface area (Å²) in [6.07, 6.45) is -0.666. The minimum Gasteiger partial charge on any atom is -0.480 e. The number of ether oxygens (including phenoxy) is 1. The first kappa shape index (κ1) is 28.0. The fraction of sp³-hybridized carbons (Fsp3) is 0.500. The van der Waals surface area contributed by atoms with Crippen LogP contribution >= 0.6 is 0 Å². The van der Waals surface area contributed by atoms with Crippen LogP contribution in [-0.4, -0.2) is 75.9 Å². The van der Waals surface area contributed by atoms with E-state index < -0.39 is 56.5 Å². The number of amides is 1. The second kappa shape index (κ2) is 10.5.